The van der Waals surface area contributed by atoms with Gasteiger partial charge in [-0.25, -0.2) is 19.7 Å². The zero-order valence-electron chi connectivity index (χ0n) is 19.3. The van der Waals surface area contributed by atoms with Gasteiger partial charge in [-0.1, -0.05) is 31.8 Å². The Kier molecular flexibility index (Phi) is 9.51. The van der Waals surface area contributed by atoms with Gasteiger partial charge in [0.2, 0.25) is 5.91 Å². The van der Waals surface area contributed by atoms with E-state index in [9.17, 15) is 23.4 Å². The van der Waals surface area contributed by atoms with Gasteiger partial charge < -0.3 is 20.7 Å². The van der Waals surface area contributed by atoms with Crippen LogP contribution in [0.3, 0.4) is 0 Å². The summed E-state index contributed by atoms with van der Waals surface area (Å²) in [6.45, 7) is 3.06. The Morgan fingerprint density at radius 1 is 1.17 bits per heavy atom. The van der Waals surface area contributed by atoms with E-state index in [2.05, 4.69) is 21.5 Å². The quantitative estimate of drug-likeness (QED) is 0.206. The first-order valence-corrected chi connectivity index (χ1v) is 12.9. The molecule has 0 saturated carbocycles. The molecule has 2 aromatic heterocycles. The molecule has 0 bridgehead atoms. The van der Waals surface area contributed by atoms with Crippen LogP contribution in [0.4, 0.5) is 5.82 Å². The Labute approximate surface area is 203 Å². The third-order valence-corrected chi connectivity index (χ3v) is 6.61. The highest BCUT2D eigenvalue weighted by atomic mass is 32.2. The zero-order valence-corrected chi connectivity index (χ0v) is 20.1. The Morgan fingerprint density at radius 3 is 2.63 bits per heavy atom. The van der Waals surface area contributed by atoms with E-state index in [-0.39, 0.29) is 23.4 Å². The molecule has 0 radical (unpaired) electrons. The molecule has 13 nitrogen and oxygen atoms in total. The maximum atomic E-state index is 12.1. The second-order valence-electron chi connectivity index (χ2n) is 8.34. The van der Waals surface area contributed by atoms with E-state index in [1.165, 1.54) is 17.2 Å². The first-order valence-electron chi connectivity index (χ1n) is 11.5. The summed E-state index contributed by atoms with van der Waals surface area (Å²) in [7, 11) is -4.42. The maximum Gasteiger partial charge on any atom is 0.362 e. The molecule has 194 valence electrons. The van der Waals surface area contributed by atoms with Crippen LogP contribution in [0.1, 0.15) is 57.6 Å². The number of amides is 1. The standard InChI is InChI=1S/C21H32N6O7S/c1-2-3-4-5-6-7-8-9-10-15(28)26-35(31,32)33-11-14-17(29)18(30)21(34-14)27-13-25-16-19(22)23-12-24-20(16)27/h2,12-14,17-18,21,29-30H,1,3-11H2,(H,26,28)(H2,22,23,24)/t14-,17-,18-,21-/m1/s1. The molecular formula is C21H32N6O7S. The van der Waals surface area contributed by atoms with Gasteiger partial charge >= 0.3 is 10.3 Å². The van der Waals surface area contributed by atoms with Crippen LogP contribution in [0.5, 0.6) is 0 Å². The number of imidazole rings is 1. The van der Waals surface area contributed by atoms with Crippen molar-refractivity contribution in [3.63, 3.8) is 0 Å². The molecule has 1 aliphatic rings. The normalized spacial score (nSPS) is 22.5. The fraction of sp³-hybridized carbons (Fsp3) is 0.619. The summed E-state index contributed by atoms with van der Waals surface area (Å²) in [5, 5.41) is 20.8. The van der Waals surface area contributed by atoms with Gasteiger partial charge in [0.15, 0.2) is 17.7 Å². The lowest BCUT2D eigenvalue weighted by Gasteiger charge is -2.16. The summed E-state index contributed by atoms with van der Waals surface area (Å²) >= 11 is 0. The van der Waals surface area contributed by atoms with E-state index < -0.39 is 47.4 Å². The van der Waals surface area contributed by atoms with Crippen molar-refractivity contribution in [2.45, 2.75) is 75.9 Å². The number of allylic oxidation sites excluding steroid dienone is 1. The van der Waals surface area contributed by atoms with Crippen LogP contribution >= 0.6 is 0 Å². The zero-order chi connectivity index (χ0) is 25.4. The largest absolute Gasteiger partial charge is 0.387 e. The van der Waals surface area contributed by atoms with Crippen LogP contribution in [-0.2, 0) is 24.0 Å². The first kappa shape index (κ1) is 26.9. The number of rotatable bonds is 14. The molecule has 1 aliphatic heterocycles. The highest BCUT2D eigenvalue weighted by Gasteiger charge is 2.45. The van der Waals surface area contributed by atoms with Gasteiger partial charge in [0.25, 0.3) is 0 Å². The number of hydrogen-bond acceptors (Lipinski definition) is 11. The van der Waals surface area contributed by atoms with Crippen LogP contribution in [0.15, 0.2) is 25.3 Å². The Morgan fingerprint density at radius 2 is 1.89 bits per heavy atom. The van der Waals surface area contributed by atoms with E-state index in [1.807, 2.05) is 10.8 Å². The number of nitrogen functional groups attached to an aromatic ring is 1. The molecule has 14 heteroatoms. The Hall–Kier alpha value is -2.65. The van der Waals surface area contributed by atoms with Crippen LogP contribution in [-0.4, -0.2) is 69.0 Å². The molecule has 0 aliphatic carbocycles. The van der Waals surface area contributed by atoms with Crippen molar-refractivity contribution in [1.29, 1.82) is 0 Å². The number of aliphatic hydroxyl groups is 2. The molecule has 3 heterocycles. The number of unbranched alkanes of at least 4 members (excludes halogenated alkanes) is 6. The van der Waals surface area contributed by atoms with E-state index in [0.717, 1.165) is 38.5 Å². The second kappa shape index (κ2) is 12.4. The minimum absolute atomic E-state index is 0.0529. The van der Waals surface area contributed by atoms with Gasteiger partial charge in [0, 0.05) is 6.42 Å². The van der Waals surface area contributed by atoms with E-state index in [4.69, 9.17) is 14.7 Å². The van der Waals surface area contributed by atoms with Gasteiger partial charge in [-0.3, -0.25) is 13.5 Å². The van der Waals surface area contributed by atoms with E-state index in [0.29, 0.717) is 6.42 Å². The molecule has 4 atom stereocenters. The molecular weight excluding hydrogens is 480 g/mol. The summed E-state index contributed by atoms with van der Waals surface area (Å²) in [5.41, 5.74) is 6.31. The fourth-order valence-electron chi connectivity index (χ4n) is 3.81. The summed E-state index contributed by atoms with van der Waals surface area (Å²) < 4.78 is 37.9. The SMILES string of the molecule is C=CCCCCCCCCC(=O)NS(=O)(=O)OC[C@H]1O[C@@H](n2cnc3c(N)ncnc32)[C@H](O)[C@@H]1O. The van der Waals surface area contributed by atoms with Crippen LogP contribution in [0.2, 0.25) is 0 Å². The minimum atomic E-state index is -4.42. The number of aromatic nitrogens is 4. The van der Waals surface area contributed by atoms with Crippen molar-refractivity contribution in [3.05, 3.63) is 25.3 Å². The van der Waals surface area contributed by atoms with Gasteiger partial charge in [-0.2, -0.15) is 8.42 Å². The molecule has 5 N–H and O–H groups in total. The van der Waals surface area contributed by atoms with Crippen molar-refractivity contribution >= 4 is 33.2 Å². The third kappa shape index (κ3) is 7.18. The number of nitrogens with zero attached hydrogens (tertiary/aromatic N) is 4. The number of fused-ring (bicyclic) bond motifs is 1. The number of ether oxygens (including phenoxy) is 1. The summed E-state index contributed by atoms with van der Waals surface area (Å²) in [4.78, 5) is 23.9. The maximum absolute atomic E-state index is 12.1. The van der Waals surface area contributed by atoms with Crippen molar-refractivity contribution < 1.29 is 32.3 Å². The number of nitrogens with two attached hydrogens (primary N) is 1. The number of aliphatic hydroxyl groups excluding tert-OH is 2. The molecule has 1 saturated heterocycles. The number of carbonyl (C=O) groups excluding carboxylic acids is 1. The second-order valence-corrected chi connectivity index (χ2v) is 9.69. The molecule has 1 fully saturated rings. The fourth-order valence-corrected chi connectivity index (χ4v) is 4.56. The van der Waals surface area contributed by atoms with Crippen LogP contribution in [0, 0.1) is 0 Å². The lowest BCUT2D eigenvalue weighted by atomic mass is 10.1. The van der Waals surface area contributed by atoms with Gasteiger partial charge in [-0.05, 0) is 19.3 Å². The van der Waals surface area contributed by atoms with Gasteiger partial charge in [0.05, 0.1) is 12.9 Å². The average molecular weight is 513 g/mol. The molecule has 35 heavy (non-hydrogen) atoms. The van der Waals surface area contributed by atoms with Crippen molar-refractivity contribution in [1.82, 2.24) is 24.2 Å². The molecule has 2 aromatic rings. The lowest BCUT2D eigenvalue weighted by molar-refractivity contribution is -0.119. The molecule has 0 unspecified atom stereocenters. The number of anilines is 1. The minimum Gasteiger partial charge on any atom is -0.387 e. The van der Waals surface area contributed by atoms with Gasteiger partial charge in [0.1, 0.15) is 30.2 Å². The molecule has 1 amide bonds. The number of hydrogen-bond donors (Lipinski definition) is 4. The summed E-state index contributed by atoms with van der Waals surface area (Å²) in [6, 6.07) is 0. The van der Waals surface area contributed by atoms with Crippen LogP contribution < -0.4 is 10.5 Å². The molecule has 0 spiro atoms. The van der Waals surface area contributed by atoms with Crippen molar-refractivity contribution in [2.75, 3.05) is 12.3 Å². The van der Waals surface area contributed by atoms with Crippen LogP contribution in [0.25, 0.3) is 11.2 Å². The lowest BCUT2D eigenvalue weighted by Crippen LogP contribution is -2.37. The highest BCUT2D eigenvalue weighted by molar-refractivity contribution is 7.85. The number of carbonyl (C=O) groups is 1. The van der Waals surface area contributed by atoms with E-state index in [1.54, 1.807) is 0 Å². The summed E-state index contributed by atoms with van der Waals surface area (Å²) in [5.74, 6) is -0.545. The van der Waals surface area contributed by atoms with Crippen molar-refractivity contribution in [2.24, 2.45) is 0 Å². The predicted octanol–water partition coefficient (Wildman–Crippen LogP) is 0.712. The third-order valence-electron chi connectivity index (χ3n) is 5.69. The number of nitrogens with one attached hydrogen (secondary N) is 1. The average Bonchev–Trinajstić information content (AvgIpc) is 3.36. The Balaban J connectivity index is 1.45. The molecule has 0 aromatic carbocycles. The monoisotopic (exact) mass is 512 g/mol. The summed E-state index contributed by atoms with van der Waals surface area (Å²) in [6.07, 6.45) is 5.88. The topological polar surface area (TPSA) is 192 Å². The first-order chi connectivity index (χ1) is 16.7. The highest BCUT2D eigenvalue weighted by Crippen LogP contribution is 2.32. The Bertz CT molecular complexity index is 1110. The smallest absolute Gasteiger partial charge is 0.362 e. The van der Waals surface area contributed by atoms with Crippen molar-refractivity contribution in [3.8, 4) is 0 Å². The van der Waals surface area contributed by atoms with Gasteiger partial charge in [-0.15, -0.1) is 6.58 Å². The molecule has 3 rings (SSSR count). The van der Waals surface area contributed by atoms with E-state index >= 15 is 0 Å². The predicted molar refractivity (Wildman–Crippen MR) is 126 cm³/mol.